The molecule has 7 heteroatoms. The Morgan fingerprint density at radius 1 is 1.56 bits per heavy atom. The van der Waals surface area contributed by atoms with Gasteiger partial charge in [0.25, 0.3) is 5.91 Å². The number of carbonyl (C=O) groups is 1. The number of aromatic nitrogens is 2. The maximum Gasteiger partial charge on any atom is 0.260 e. The second-order valence-electron chi connectivity index (χ2n) is 3.39. The molecule has 0 atom stereocenters. The molecule has 0 unspecified atom stereocenters. The van der Waals surface area contributed by atoms with Crippen molar-refractivity contribution in [2.24, 2.45) is 0 Å². The van der Waals surface area contributed by atoms with Gasteiger partial charge in [-0.15, -0.1) is 0 Å². The van der Waals surface area contributed by atoms with Crippen molar-refractivity contribution >= 4 is 27.7 Å². The van der Waals surface area contributed by atoms with Gasteiger partial charge in [-0.25, -0.2) is 0 Å². The number of nitriles is 1. The maximum atomic E-state index is 11.9. The molecule has 0 radical (unpaired) electrons. The number of aromatic hydroxyl groups is 1. The Bertz CT molecular complexity index is 645. The number of benzene rings is 1. The predicted molar refractivity (Wildman–Crippen MR) is 67.1 cm³/mol. The van der Waals surface area contributed by atoms with Gasteiger partial charge >= 0.3 is 0 Å². The molecule has 1 amide bonds. The summed E-state index contributed by atoms with van der Waals surface area (Å²) in [5, 5.41) is 27.0. The Labute approximate surface area is 110 Å². The number of aromatic amines is 1. The van der Waals surface area contributed by atoms with Gasteiger partial charge in [0.2, 0.25) is 0 Å². The number of nitrogens with one attached hydrogen (secondary N) is 2. The second kappa shape index (κ2) is 4.89. The number of phenols is 1. The number of H-pyrrole nitrogens is 1. The molecular weight excluding hydrogens is 300 g/mol. The number of carbonyl (C=O) groups excluding carboxylic acids is 1. The first-order valence-corrected chi connectivity index (χ1v) is 5.64. The summed E-state index contributed by atoms with van der Waals surface area (Å²) in [5.74, 6) is -0.481. The largest absolute Gasteiger partial charge is 0.507 e. The highest BCUT2D eigenvalue weighted by molar-refractivity contribution is 9.10. The zero-order valence-corrected chi connectivity index (χ0v) is 10.5. The summed E-state index contributed by atoms with van der Waals surface area (Å²) < 4.78 is 0.663. The van der Waals surface area contributed by atoms with Crippen LogP contribution in [0.2, 0.25) is 0 Å². The molecule has 3 N–H and O–H groups in total. The smallest absolute Gasteiger partial charge is 0.260 e. The number of anilines is 1. The Morgan fingerprint density at radius 3 is 3.00 bits per heavy atom. The van der Waals surface area contributed by atoms with Crippen molar-refractivity contribution in [1.82, 2.24) is 10.2 Å². The average molecular weight is 307 g/mol. The van der Waals surface area contributed by atoms with Crippen LogP contribution in [0, 0.1) is 11.3 Å². The highest BCUT2D eigenvalue weighted by Crippen LogP contribution is 2.23. The maximum absolute atomic E-state index is 11.9. The fourth-order valence-electron chi connectivity index (χ4n) is 1.34. The molecule has 0 saturated carbocycles. The summed E-state index contributed by atoms with van der Waals surface area (Å²) in [4.78, 5) is 11.9. The van der Waals surface area contributed by atoms with Crippen molar-refractivity contribution in [3.05, 3.63) is 40.0 Å². The molecule has 2 rings (SSSR count). The third kappa shape index (κ3) is 2.33. The summed E-state index contributed by atoms with van der Waals surface area (Å²) in [6.07, 6.45) is 1.30. The van der Waals surface area contributed by atoms with Crippen LogP contribution in [-0.2, 0) is 0 Å². The Balaban J connectivity index is 2.25. The SMILES string of the molecule is N#Cc1cn[nH]c1NC(=O)c1ccc(Br)cc1O. The lowest BCUT2D eigenvalue weighted by molar-refractivity contribution is 0.102. The van der Waals surface area contributed by atoms with Gasteiger partial charge in [0, 0.05) is 4.47 Å². The first-order valence-electron chi connectivity index (χ1n) is 4.85. The monoisotopic (exact) mass is 306 g/mol. The molecule has 2 aromatic rings. The molecule has 0 saturated heterocycles. The third-order valence-corrected chi connectivity index (χ3v) is 2.70. The van der Waals surface area contributed by atoms with Crippen molar-refractivity contribution in [3.63, 3.8) is 0 Å². The summed E-state index contributed by atoms with van der Waals surface area (Å²) in [5.41, 5.74) is 0.330. The number of hydrogen-bond acceptors (Lipinski definition) is 4. The van der Waals surface area contributed by atoms with Gasteiger partial charge < -0.3 is 10.4 Å². The molecule has 18 heavy (non-hydrogen) atoms. The fraction of sp³-hybridized carbons (Fsp3) is 0. The number of phenolic OH excluding ortho intramolecular Hbond substituents is 1. The summed E-state index contributed by atoms with van der Waals surface area (Å²) in [7, 11) is 0. The van der Waals surface area contributed by atoms with Crippen LogP contribution in [0.1, 0.15) is 15.9 Å². The lowest BCUT2D eigenvalue weighted by Gasteiger charge is -2.05. The minimum atomic E-state index is -0.527. The number of rotatable bonds is 2. The fourth-order valence-corrected chi connectivity index (χ4v) is 1.69. The van der Waals surface area contributed by atoms with E-state index in [0.717, 1.165) is 0 Å². The summed E-state index contributed by atoms with van der Waals surface area (Å²) >= 11 is 3.18. The molecule has 0 bridgehead atoms. The molecule has 6 nitrogen and oxygen atoms in total. The van der Waals surface area contributed by atoms with Crippen LogP contribution in [0.4, 0.5) is 5.82 Å². The zero-order valence-electron chi connectivity index (χ0n) is 8.94. The highest BCUT2D eigenvalue weighted by atomic mass is 79.9. The van der Waals surface area contributed by atoms with Gasteiger partial charge in [0.15, 0.2) is 0 Å². The molecule has 0 fully saturated rings. The lowest BCUT2D eigenvalue weighted by atomic mass is 10.2. The van der Waals surface area contributed by atoms with Gasteiger partial charge in [0.1, 0.15) is 23.2 Å². The van der Waals surface area contributed by atoms with E-state index in [2.05, 4.69) is 31.4 Å². The summed E-state index contributed by atoms with van der Waals surface area (Å²) in [6, 6.07) is 6.39. The lowest BCUT2D eigenvalue weighted by Crippen LogP contribution is -2.13. The van der Waals surface area contributed by atoms with E-state index in [9.17, 15) is 9.90 Å². The van der Waals surface area contributed by atoms with Gasteiger partial charge in [-0.05, 0) is 18.2 Å². The minimum Gasteiger partial charge on any atom is -0.507 e. The quantitative estimate of drug-likeness (QED) is 0.789. The van der Waals surface area contributed by atoms with E-state index in [-0.39, 0.29) is 22.7 Å². The van der Waals surface area contributed by atoms with E-state index in [1.807, 2.05) is 6.07 Å². The number of hydrogen-bond donors (Lipinski definition) is 3. The van der Waals surface area contributed by atoms with Crippen LogP contribution in [0.15, 0.2) is 28.9 Å². The standard InChI is InChI=1S/C11H7BrN4O2/c12-7-1-2-8(9(17)3-7)11(18)15-10-6(4-13)5-14-16-10/h1-3,5,17H,(H2,14,15,16,18). The molecule has 1 heterocycles. The van der Waals surface area contributed by atoms with Crippen molar-refractivity contribution < 1.29 is 9.90 Å². The van der Waals surface area contributed by atoms with Crippen molar-refractivity contribution in [1.29, 1.82) is 5.26 Å². The van der Waals surface area contributed by atoms with E-state index in [4.69, 9.17) is 5.26 Å². The molecule has 90 valence electrons. The normalized spacial score (nSPS) is 9.78. The molecule has 0 aliphatic rings. The van der Waals surface area contributed by atoms with Crippen LogP contribution in [0.3, 0.4) is 0 Å². The van der Waals surface area contributed by atoms with E-state index >= 15 is 0 Å². The topological polar surface area (TPSA) is 102 Å². The number of nitrogens with zero attached hydrogens (tertiary/aromatic N) is 2. The van der Waals surface area contributed by atoms with Gasteiger partial charge in [0.05, 0.1) is 11.8 Å². The van der Waals surface area contributed by atoms with Crippen LogP contribution >= 0.6 is 15.9 Å². The predicted octanol–water partition coefficient (Wildman–Crippen LogP) is 2.00. The Hall–Kier alpha value is -2.33. The van der Waals surface area contributed by atoms with E-state index < -0.39 is 5.91 Å². The molecule has 1 aromatic heterocycles. The second-order valence-corrected chi connectivity index (χ2v) is 4.30. The molecule has 0 aliphatic heterocycles. The number of amides is 1. The molecular formula is C11H7BrN4O2. The van der Waals surface area contributed by atoms with Gasteiger partial charge in [-0.3, -0.25) is 9.89 Å². The summed E-state index contributed by atoms with van der Waals surface area (Å²) in [6.45, 7) is 0. The van der Waals surface area contributed by atoms with E-state index in [0.29, 0.717) is 4.47 Å². The van der Waals surface area contributed by atoms with Crippen LogP contribution in [-0.4, -0.2) is 21.2 Å². The van der Waals surface area contributed by atoms with Crippen molar-refractivity contribution in [3.8, 4) is 11.8 Å². The van der Waals surface area contributed by atoms with Crippen LogP contribution < -0.4 is 5.32 Å². The first-order chi connectivity index (χ1) is 8.61. The molecule has 1 aromatic carbocycles. The first kappa shape index (κ1) is 12.1. The average Bonchev–Trinajstić information content (AvgIpc) is 2.76. The zero-order chi connectivity index (χ0) is 13.1. The Kier molecular flexibility index (Phi) is 3.30. The van der Waals surface area contributed by atoms with Crippen molar-refractivity contribution in [2.45, 2.75) is 0 Å². The highest BCUT2D eigenvalue weighted by Gasteiger charge is 2.14. The van der Waals surface area contributed by atoms with Crippen molar-refractivity contribution in [2.75, 3.05) is 5.32 Å². The number of halogens is 1. The van der Waals surface area contributed by atoms with E-state index in [1.54, 1.807) is 6.07 Å². The van der Waals surface area contributed by atoms with E-state index in [1.165, 1.54) is 18.3 Å². The van der Waals surface area contributed by atoms with Crippen LogP contribution in [0.5, 0.6) is 5.75 Å². The van der Waals surface area contributed by atoms with Crippen LogP contribution in [0.25, 0.3) is 0 Å². The molecule has 0 aliphatic carbocycles. The Morgan fingerprint density at radius 2 is 2.33 bits per heavy atom. The molecule has 0 spiro atoms. The minimum absolute atomic E-state index is 0.108. The third-order valence-electron chi connectivity index (χ3n) is 2.20. The van der Waals surface area contributed by atoms with Gasteiger partial charge in [-0.2, -0.15) is 10.4 Å². The van der Waals surface area contributed by atoms with Gasteiger partial charge in [-0.1, -0.05) is 15.9 Å².